The van der Waals surface area contributed by atoms with Crippen molar-refractivity contribution in [3.63, 3.8) is 0 Å². The summed E-state index contributed by atoms with van der Waals surface area (Å²) in [6.07, 6.45) is 6.05. The molecule has 1 heterocycles. The second-order valence-electron chi connectivity index (χ2n) is 4.70. The van der Waals surface area contributed by atoms with E-state index < -0.39 is 0 Å². The van der Waals surface area contributed by atoms with E-state index in [4.69, 9.17) is 11.0 Å². The second kappa shape index (κ2) is 5.15. The highest BCUT2D eigenvalue weighted by Gasteiger charge is 2.22. The molecule has 4 nitrogen and oxygen atoms in total. The zero-order valence-corrected chi connectivity index (χ0v) is 10.1. The molecule has 0 aliphatic heterocycles. The fourth-order valence-corrected chi connectivity index (χ4v) is 2.34. The van der Waals surface area contributed by atoms with Crippen molar-refractivity contribution in [2.75, 3.05) is 11.9 Å². The molecule has 90 valence electrons. The maximum atomic E-state index is 8.73. The fraction of sp³-hybridized carbons (Fsp3) is 0.538. The third kappa shape index (κ3) is 2.75. The van der Waals surface area contributed by atoms with E-state index >= 15 is 0 Å². The van der Waals surface area contributed by atoms with Crippen molar-refractivity contribution < 1.29 is 0 Å². The van der Waals surface area contributed by atoms with Gasteiger partial charge in [0.1, 0.15) is 11.9 Å². The molecule has 0 amide bonds. The Morgan fingerprint density at radius 2 is 2.06 bits per heavy atom. The first-order valence-electron chi connectivity index (χ1n) is 6.05. The van der Waals surface area contributed by atoms with Crippen molar-refractivity contribution in [2.45, 2.75) is 37.8 Å². The maximum absolute atomic E-state index is 8.73. The van der Waals surface area contributed by atoms with Crippen LogP contribution in [0.3, 0.4) is 0 Å². The average Bonchev–Trinajstić information content (AvgIpc) is 2.39. The summed E-state index contributed by atoms with van der Waals surface area (Å²) in [6, 6.07) is 6.70. The van der Waals surface area contributed by atoms with E-state index in [0.717, 1.165) is 31.5 Å². The first-order valence-corrected chi connectivity index (χ1v) is 6.05. The molecule has 2 N–H and O–H groups in total. The summed E-state index contributed by atoms with van der Waals surface area (Å²) < 4.78 is 0. The molecule has 0 radical (unpaired) electrons. The van der Waals surface area contributed by atoms with Crippen molar-refractivity contribution >= 4 is 5.82 Å². The largest absolute Gasteiger partial charge is 0.357 e. The highest BCUT2D eigenvalue weighted by molar-refractivity contribution is 5.42. The molecule has 0 atom stereocenters. The molecule has 0 unspecified atom stereocenters. The Balaban J connectivity index is 2.03. The Bertz CT molecular complexity index is 398. The van der Waals surface area contributed by atoms with Crippen LogP contribution in [0.25, 0.3) is 0 Å². The van der Waals surface area contributed by atoms with Crippen molar-refractivity contribution in [3.8, 4) is 6.07 Å². The average molecular weight is 230 g/mol. The molecule has 1 aliphatic rings. The molecule has 4 heteroatoms. The number of hydrogen-bond acceptors (Lipinski definition) is 4. The van der Waals surface area contributed by atoms with Gasteiger partial charge in [-0.1, -0.05) is 0 Å². The van der Waals surface area contributed by atoms with Crippen LogP contribution in [0.2, 0.25) is 0 Å². The predicted molar refractivity (Wildman–Crippen MR) is 67.6 cm³/mol. The van der Waals surface area contributed by atoms with Crippen LogP contribution in [-0.4, -0.2) is 24.1 Å². The summed E-state index contributed by atoms with van der Waals surface area (Å²) in [5.41, 5.74) is 6.51. The number of nitriles is 1. The van der Waals surface area contributed by atoms with Gasteiger partial charge < -0.3 is 10.6 Å². The van der Waals surface area contributed by atoms with E-state index in [-0.39, 0.29) is 0 Å². The molecular weight excluding hydrogens is 212 g/mol. The Morgan fingerprint density at radius 1 is 1.35 bits per heavy atom. The number of anilines is 1. The molecule has 1 fully saturated rings. The van der Waals surface area contributed by atoms with Gasteiger partial charge in [0.25, 0.3) is 0 Å². The molecule has 0 saturated heterocycles. The summed E-state index contributed by atoms with van der Waals surface area (Å²) in [5.74, 6) is 0.935. The molecule has 0 bridgehead atoms. The summed E-state index contributed by atoms with van der Waals surface area (Å²) in [6.45, 7) is 0. The Kier molecular flexibility index (Phi) is 3.60. The summed E-state index contributed by atoms with van der Waals surface area (Å²) in [7, 11) is 2.07. The van der Waals surface area contributed by atoms with Gasteiger partial charge in [0.15, 0.2) is 0 Å². The lowest BCUT2D eigenvalue weighted by Crippen LogP contribution is -2.39. The molecule has 1 aliphatic carbocycles. The number of hydrogen-bond donors (Lipinski definition) is 1. The molecular formula is C13H18N4. The third-order valence-electron chi connectivity index (χ3n) is 3.53. The second-order valence-corrected chi connectivity index (χ2v) is 4.70. The Morgan fingerprint density at radius 3 is 2.59 bits per heavy atom. The van der Waals surface area contributed by atoms with Crippen LogP contribution in [0, 0.1) is 11.3 Å². The molecule has 1 aromatic heterocycles. The lowest BCUT2D eigenvalue weighted by Gasteiger charge is -2.34. The van der Waals surface area contributed by atoms with Gasteiger partial charge >= 0.3 is 0 Å². The fourth-order valence-electron chi connectivity index (χ4n) is 2.34. The number of rotatable bonds is 2. The van der Waals surface area contributed by atoms with E-state index in [1.807, 2.05) is 12.1 Å². The minimum absolute atomic E-state index is 0.369. The van der Waals surface area contributed by atoms with Crippen LogP contribution < -0.4 is 10.6 Å². The molecule has 0 aromatic carbocycles. The SMILES string of the molecule is CN(c1ccc(C#N)cn1)C1CCC(N)CC1. The van der Waals surface area contributed by atoms with Crippen LogP contribution in [-0.2, 0) is 0 Å². The number of nitrogens with zero attached hydrogens (tertiary/aromatic N) is 3. The van der Waals surface area contributed by atoms with Gasteiger partial charge in [0.05, 0.1) is 5.56 Å². The first kappa shape index (κ1) is 11.9. The van der Waals surface area contributed by atoms with Gasteiger partial charge in [-0.15, -0.1) is 0 Å². The summed E-state index contributed by atoms with van der Waals surface area (Å²) >= 11 is 0. The molecule has 2 rings (SSSR count). The monoisotopic (exact) mass is 230 g/mol. The van der Waals surface area contributed by atoms with E-state index in [0.29, 0.717) is 17.6 Å². The van der Waals surface area contributed by atoms with Gasteiger partial charge in [-0.25, -0.2) is 4.98 Å². The van der Waals surface area contributed by atoms with Gasteiger partial charge in [0.2, 0.25) is 0 Å². The quantitative estimate of drug-likeness (QED) is 0.839. The Labute approximate surface area is 102 Å². The lowest BCUT2D eigenvalue weighted by molar-refractivity contribution is 0.384. The normalized spacial score (nSPS) is 24.1. The van der Waals surface area contributed by atoms with Gasteiger partial charge in [0, 0.05) is 25.3 Å². The highest BCUT2D eigenvalue weighted by Crippen LogP contribution is 2.24. The Hall–Kier alpha value is -1.60. The topological polar surface area (TPSA) is 65.9 Å². The minimum atomic E-state index is 0.369. The molecule has 1 aromatic rings. The van der Waals surface area contributed by atoms with Crippen LogP contribution in [0.1, 0.15) is 31.2 Å². The zero-order chi connectivity index (χ0) is 12.3. The van der Waals surface area contributed by atoms with Crippen molar-refractivity contribution in [2.24, 2.45) is 5.73 Å². The first-order chi connectivity index (χ1) is 8.20. The van der Waals surface area contributed by atoms with Gasteiger partial charge in [-0.3, -0.25) is 0 Å². The van der Waals surface area contributed by atoms with Gasteiger partial charge in [-0.05, 0) is 37.8 Å². The highest BCUT2D eigenvalue weighted by atomic mass is 15.2. The zero-order valence-electron chi connectivity index (χ0n) is 10.1. The van der Waals surface area contributed by atoms with E-state index in [1.54, 1.807) is 6.20 Å². The standard InChI is InChI=1S/C13H18N4/c1-17(12-5-3-11(15)4-6-12)13-7-2-10(8-14)9-16-13/h2,7,9,11-12H,3-6,15H2,1H3. The van der Waals surface area contributed by atoms with Crippen molar-refractivity contribution in [1.29, 1.82) is 5.26 Å². The van der Waals surface area contributed by atoms with Crippen LogP contribution in [0.15, 0.2) is 18.3 Å². The molecule has 17 heavy (non-hydrogen) atoms. The summed E-state index contributed by atoms with van der Waals surface area (Å²) in [4.78, 5) is 6.52. The minimum Gasteiger partial charge on any atom is -0.357 e. The van der Waals surface area contributed by atoms with Crippen molar-refractivity contribution in [1.82, 2.24) is 4.98 Å². The van der Waals surface area contributed by atoms with Crippen LogP contribution in [0.5, 0.6) is 0 Å². The summed E-state index contributed by atoms with van der Waals surface area (Å²) in [5, 5.41) is 8.73. The third-order valence-corrected chi connectivity index (χ3v) is 3.53. The lowest BCUT2D eigenvalue weighted by atomic mass is 9.91. The van der Waals surface area contributed by atoms with E-state index in [1.165, 1.54) is 0 Å². The van der Waals surface area contributed by atoms with E-state index in [9.17, 15) is 0 Å². The van der Waals surface area contributed by atoms with E-state index in [2.05, 4.69) is 23.0 Å². The van der Waals surface area contributed by atoms with Crippen LogP contribution >= 0.6 is 0 Å². The smallest absolute Gasteiger partial charge is 0.128 e. The van der Waals surface area contributed by atoms with Crippen molar-refractivity contribution in [3.05, 3.63) is 23.9 Å². The molecule has 0 spiro atoms. The predicted octanol–water partition coefficient (Wildman–Crippen LogP) is 1.66. The number of pyridine rings is 1. The number of nitrogens with two attached hydrogens (primary N) is 1. The van der Waals surface area contributed by atoms with Gasteiger partial charge in [-0.2, -0.15) is 5.26 Å². The van der Waals surface area contributed by atoms with Crippen LogP contribution in [0.4, 0.5) is 5.82 Å². The number of aromatic nitrogens is 1. The maximum Gasteiger partial charge on any atom is 0.128 e. The molecule has 1 saturated carbocycles.